The molecule has 1 aromatic carbocycles. The molecule has 0 aliphatic carbocycles. The highest BCUT2D eigenvalue weighted by Gasteiger charge is 2.05. The summed E-state index contributed by atoms with van der Waals surface area (Å²) in [6, 6.07) is 4.43. The largest absolute Gasteiger partial charge is 0.369 e. The van der Waals surface area contributed by atoms with Gasteiger partial charge in [-0.05, 0) is 17.2 Å². The molecule has 1 amide bonds. The van der Waals surface area contributed by atoms with Crippen molar-refractivity contribution in [3.05, 3.63) is 35.1 Å². The fourth-order valence-electron chi connectivity index (χ4n) is 1.08. The maximum Gasteiger partial charge on any atom is 0.221 e. The number of halogens is 1. The van der Waals surface area contributed by atoms with Crippen LogP contribution in [0.1, 0.15) is 11.1 Å². The van der Waals surface area contributed by atoms with E-state index in [0.29, 0.717) is 12.1 Å². The van der Waals surface area contributed by atoms with Gasteiger partial charge < -0.3 is 11.5 Å². The topological polar surface area (TPSA) is 69.1 Å². The number of hydrogen-bond donors (Lipinski definition) is 2. The van der Waals surface area contributed by atoms with E-state index in [2.05, 4.69) is 0 Å². The highest BCUT2D eigenvalue weighted by Crippen LogP contribution is 2.10. The number of carbonyl (C=O) groups excluding carboxylic acids is 1. The zero-order valence-electron chi connectivity index (χ0n) is 7.09. The normalized spacial score (nSPS) is 10.0. The molecular formula is C9H11FN2O. The number of carbonyl (C=O) groups is 1. The van der Waals surface area contributed by atoms with E-state index in [9.17, 15) is 9.18 Å². The Balaban J connectivity index is 2.96. The molecule has 0 heterocycles. The first kappa shape index (κ1) is 9.67. The highest BCUT2D eigenvalue weighted by atomic mass is 19.1. The second-order valence-corrected chi connectivity index (χ2v) is 2.77. The Labute approximate surface area is 75.5 Å². The van der Waals surface area contributed by atoms with Gasteiger partial charge in [-0.2, -0.15) is 0 Å². The molecule has 0 saturated heterocycles. The average molecular weight is 182 g/mol. The van der Waals surface area contributed by atoms with E-state index < -0.39 is 11.7 Å². The third-order valence-corrected chi connectivity index (χ3v) is 1.71. The molecule has 4 heteroatoms. The lowest BCUT2D eigenvalue weighted by molar-refractivity contribution is -0.117. The van der Waals surface area contributed by atoms with Gasteiger partial charge in [0.2, 0.25) is 5.91 Å². The second kappa shape index (κ2) is 4.00. The molecule has 0 radical (unpaired) electrons. The van der Waals surface area contributed by atoms with Crippen molar-refractivity contribution in [1.29, 1.82) is 0 Å². The van der Waals surface area contributed by atoms with Crippen LogP contribution in [0.25, 0.3) is 0 Å². The minimum Gasteiger partial charge on any atom is -0.369 e. The third-order valence-electron chi connectivity index (χ3n) is 1.71. The lowest BCUT2D eigenvalue weighted by Gasteiger charge is -2.02. The molecule has 1 aromatic rings. The number of benzene rings is 1. The van der Waals surface area contributed by atoms with Crippen LogP contribution >= 0.6 is 0 Å². The zero-order chi connectivity index (χ0) is 9.84. The summed E-state index contributed by atoms with van der Waals surface area (Å²) in [5.41, 5.74) is 11.4. The fraction of sp³-hybridized carbons (Fsp3) is 0.222. The first-order chi connectivity index (χ1) is 6.13. The monoisotopic (exact) mass is 182 g/mol. The number of amides is 1. The van der Waals surface area contributed by atoms with E-state index >= 15 is 0 Å². The van der Waals surface area contributed by atoms with Gasteiger partial charge in [0.15, 0.2) is 0 Å². The van der Waals surface area contributed by atoms with E-state index in [1.54, 1.807) is 12.1 Å². The van der Waals surface area contributed by atoms with Crippen LogP contribution in [0.2, 0.25) is 0 Å². The van der Waals surface area contributed by atoms with Crippen LogP contribution in [-0.2, 0) is 17.8 Å². The van der Waals surface area contributed by atoms with Gasteiger partial charge in [0.25, 0.3) is 0 Å². The molecular weight excluding hydrogens is 171 g/mol. The van der Waals surface area contributed by atoms with Gasteiger partial charge in [0.05, 0.1) is 6.42 Å². The Morgan fingerprint density at radius 3 is 2.69 bits per heavy atom. The smallest absolute Gasteiger partial charge is 0.221 e. The van der Waals surface area contributed by atoms with Crippen LogP contribution < -0.4 is 11.5 Å². The Kier molecular flexibility index (Phi) is 2.97. The van der Waals surface area contributed by atoms with Crippen molar-refractivity contribution in [3.63, 3.8) is 0 Å². The Hall–Kier alpha value is -1.42. The Bertz CT molecular complexity index is 325. The van der Waals surface area contributed by atoms with Crippen LogP contribution in [0.15, 0.2) is 18.2 Å². The maximum atomic E-state index is 13.0. The number of primary amides is 1. The van der Waals surface area contributed by atoms with Crippen LogP contribution in [-0.4, -0.2) is 5.91 Å². The molecule has 0 atom stereocenters. The number of hydrogen-bond acceptors (Lipinski definition) is 2. The van der Waals surface area contributed by atoms with Crippen LogP contribution in [0.5, 0.6) is 0 Å². The number of nitrogens with two attached hydrogens (primary N) is 2. The van der Waals surface area contributed by atoms with Crippen LogP contribution in [0.3, 0.4) is 0 Å². The molecule has 0 aliphatic rings. The standard InChI is InChI=1S/C9H11FN2O/c10-8-2-1-6(5-11)3-7(8)4-9(12)13/h1-3H,4-5,11H2,(H2,12,13). The molecule has 13 heavy (non-hydrogen) atoms. The minimum atomic E-state index is -0.548. The first-order valence-electron chi connectivity index (χ1n) is 3.89. The minimum absolute atomic E-state index is 0.0837. The molecule has 4 N–H and O–H groups in total. The molecule has 70 valence electrons. The predicted molar refractivity (Wildman–Crippen MR) is 47.2 cm³/mol. The molecule has 0 aromatic heterocycles. The summed E-state index contributed by atoms with van der Waals surface area (Å²) in [6.45, 7) is 0.325. The van der Waals surface area contributed by atoms with E-state index in [0.717, 1.165) is 5.56 Å². The van der Waals surface area contributed by atoms with Crippen molar-refractivity contribution in [1.82, 2.24) is 0 Å². The highest BCUT2D eigenvalue weighted by molar-refractivity contribution is 5.76. The maximum absolute atomic E-state index is 13.0. The lowest BCUT2D eigenvalue weighted by atomic mass is 10.1. The van der Waals surface area contributed by atoms with Crippen molar-refractivity contribution < 1.29 is 9.18 Å². The number of rotatable bonds is 3. The third kappa shape index (κ3) is 2.52. The summed E-state index contributed by atoms with van der Waals surface area (Å²) in [4.78, 5) is 10.5. The van der Waals surface area contributed by atoms with Gasteiger partial charge in [0, 0.05) is 6.54 Å². The van der Waals surface area contributed by atoms with Gasteiger partial charge in [-0.25, -0.2) is 4.39 Å². The van der Waals surface area contributed by atoms with Crippen LogP contribution in [0.4, 0.5) is 4.39 Å². The molecule has 0 aliphatic heterocycles. The Morgan fingerprint density at radius 2 is 2.15 bits per heavy atom. The van der Waals surface area contributed by atoms with Gasteiger partial charge in [0.1, 0.15) is 5.82 Å². The molecule has 0 bridgehead atoms. The van der Waals surface area contributed by atoms with Crippen molar-refractivity contribution in [3.8, 4) is 0 Å². The van der Waals surface area contributed by atoms with Gasteiger partial charge >= 0.3 is 0 Å². The molecule has 1 rings (SSSR count). The van der Waals surface area contributed by atoms with Crippen molar-refractivity contribution in [2.45, 2.75) is 13.0 Å². The lowest BCUT2D eigenvalue weighted by Crippen LogP contribution is -2.15. The van der Waals surface area contributed by atoms with Gasteiger partial charge in [-0.1, -0.05) is 12.1 Å². The van der Waals surface area contributed by atoms with Crippen LogP contribution in [0, 0.1) is 5.82 Å². The summed E-state index contributed by atoms with van der Waals surface area (Å²) in [7, 11) is 0. The molecule has 0 spiro atoms. The summed E-state index contributed by atoms with van der Waals surface area (Å²) in [5, 5.41) is 0. The summed E-state index contributed by atoms with van der Waals surface area (Å²) >= 11 is 0. The average Bonchev–Trinajstić information content (AvgIpc) is 2.08. The molecule has 3 nitrogen and oxygen atoms in total. The van der Waals surface area contributed by atoms with Crippen molar-refractivity contribution >= 4 is 5.91 Å². The summed E-state index contributed by atoms with van der Waals surface area (Å²) in [6.07, 6.45) is -0.0837. The Morgan fingerprint density at radius 1 is 1.46 bits per heavy atom. The van der Waals surface area contributed by atoms with E-state index in [4.69, 9.17) is 11.5 Å². The van der Waals surface area contributed by atoms with Gasteiger partial charge in [-0.15, -0.1) is 0 Å². The summed E-state index contributed by atoms with van der Waals surface area (Å²) < 4.78 is 13.0. The van der Waals surface area contributed by atoms with E-state index in [1.165, 1.54) is 6.07 Å². The molecule has 0 saturated carbocycles. The molecule has 0 fully saturated rings. The summed E-state index contributed by atoms with van der Waals surface area (Å²) in [5.74, 6) is -0.968. The quantitative estimate of drug-likeness (QED) is 0.706. The van der Waals surface area contributed by atoms with Crippen molar-refractivity contribution in [2.75, 3.05) is 0 Å². The fourth-order valence-corrected chi connectivity index (χ4v) is 1.08. The van der Waals surface area contributed by atoms with E-state index in [-0.39, 0.29) is 6.42 Å². The SMILES string of the molecule is NCc1ccc(F)c(CC(N)=O)c1. The molecule has 0 unspecified atom stereocenters. The van der Waals surface area contributed by atoms with Crippen molar-refractivity contribution in [2.24, 2.45) is 11.5 Å². The van der Waals surface area contributed by atoms with Gasteiger partial charge in [-0.3, -0.25) is 4.79 Å². The zero-order valence-corrected chi connectivity index (χ0v) is 7.09. The second-order valence-electron chi connectivity index (χ2n) is 2.77. The van der Waals surface area contributed by atoms with E-state index in [1.807, 2.05) is 0 Å². The predicted octanol–water partition coefficient (Wildman–Crippen LogP) is 0.312. The first-order valence-corrected chi connectivity index (χ1v) is 3.89.